The van der Waals surface area contributed by atoms with Crippen molar-refractivity contribution in [2.45, 2.75) is 19.8 Å². The monoisotopic (exact) mass is 140 g/mol. The number of carboxylic acid groups (broad SMARTS) is 1. The third kappa shape index (κ3) is 1.06. The average Bonchev–Trinajstić information content (AvgIpc) is 2.14. The van der Waals surface area contributed by atoms with Crippen LogP contribution in [-0.2, 0) is 4.79 Å². The lowest BCUT2D eigenvalue weighted by Crippen LogP contribution is -2.15. The molecule has 1 fully saturated rings. The fraction of sp³-hybridized carbons (Fsp3) is 0.625. The van der Waals surface area contributed by atoms with E-state index in [2.05, 4.69) is 6.58 Å². The number of aliphatic carboxylic acids is 1. The summed E-state index contributed by atoms with van der Waals surface area (Å²) in [6, 6.07) is 0. The Kier molecular flexibility index (Phi) is 1.79. The average molecular weight is 140 g/mol. The molecule has 2 nitrogen and oxygen atoms in total. The Morgan fingerprint density at radius 3 is 2.60 bits per heavy atom. The maximum atomic E-state index is 10.5. The van der Waals surface area contributed by atoms with Gasteiger partial charge in [-0.15, -0.1) is 0 Å². The highest BCUT2D eigenvalue weighted by atomic mass is 16.4. The van der Waals surface area contributed by atoms with Crippen LogP contribution in [0.15, 0.2) is 12.2 Å². The summed E-state index contributed by atoms with van der Waals surface area (Å²) >= 11 is 0. The van der Waals surface area contributed by atoms with E-state index in [1.54, 1.807) is 0 Å². The molecule has 0 unspecified atom stereocenters. The Morgan fingerprint density at radius 1 is 1.80 bits per heavy atom. The van der Waals surface area contributed by atoms with Gasteiger partial charge in [0.25, 0.3) is 0 Å². The maximum Gasteiger partial charge on any atom is 0.307 e. The molecule has 0 aromatic rings. The van der Waals surface area contributed by atoms with Gasteiger partial charge < -0.3 is 5.11 Å². The summed E-state index contributed by atoms with van der Waals surface area (Å²) in [4.78, 5) is 10.5. The minimum atomic E-state index is -0.675. The summed E-state index contributed by atoms with van der Waals surface area (Å²) in [5, 5.41) is 8.66. The number of hydrogen-bond acceptors (Lipinski definition) is 1. The largest absolute Gasteiger partial charge is 0.481 e. The lowest BCUT2D eigenvalue weighted by molar-refractivity contribution is -0.142. The number of rotatable bonds is 1. The van der Waals surface area contributed by atoms with Crippen molar-refractivity contribution in [3.63, 3.8) is 0 Å². The Balaban J connectivity index is 2.66. The van der Waals surface area contributed by atoms with Crippen molar-refractivity contribution in [1.82, 2.24) is 0 Å². The predicted molar refractivity (Wildman–Crippen MR) is 38.7 cm³/mol. The summed E-state index contributed by atoms with van der Waals surface area (Å²) < 4.78 is 0. The smallest absolute Gasteiger partial charge is 0.307 e. The summed E-state index contributed by atoms with van der Waals surface area (Å²) in [6.07, 6.45) is 1.66. The van der Waals surface area contributed by atoms with Crippen molar-refractivity contribution in [2.75, 3.05) is 0 Å². The molecule has 2 atom stereocenters. The highest BCUT2D eigenvalue weighted by molar-refractivity contribution is 5.71. The first-order valence-corrected chi connectivity index (χ1v) is 3.53. The molecule has 0 spiro atoms. The molecule has 0 amide bonds. The summed E-state index contributed by atoms with van der Waals surface area (Å²) in [7, 11) is 0. The second kappa shape index (κ2) is 2.45. The molecule has 0 saturated heterocycles. The van der Waals surface area contributed by atoms with E-state index in [4.69, 9.17) is 5.11 Å². The van der Waals surface area contributed by atoms with Crippen molar-refractivity contribution in [3.05, 3.63) is 12.2 Å². The Hall–Kier alpha value is -0.790. The van der Waals surface area contributed by atoms with Gasteiger partial charge in [-0.05, 0) is 18.8 Å². The van der Waals surface area contributed by atoms with E-state index < -0.39 is 5.97 Å². The molecule has 1 rings (SSSR count). The van der Waals surface area contributed by atoms with E-state index in [1.807, 2.05) is 6.92 Å². The second-order valence-corrected chi connectivity index (χ2v) is 2.93. The minimum absolute atomic E-state index is 0.174. The standard InChI is InChI=1S/C8H12O2/c1-5-3-4-7(6(5)2)8(9)10/h6-7H,1,3-4H2,2H3,(H,9,10)/t6-,7+/m1/s1. The van der Waals surface area contributed by atoms with E-state index in [0.717, 1.165) is 18.4 Å². The number of carbonyl (C=O) groups is 1. The van der Waals surface area contributed by atoms with Gasteiger partial charge in [-0.1, -0.05) is 19.1 Å². The van der Waals surface area contributed by atoms with Crippen LogP contribution in [0, 0.1) is 11.8 Å². The molecule has 1 saturated carbocycles. The topological polar surface area (TPSA) is 37.3 Å². The van der Waals surface area contributed by atoms with Crippen LogP contribution in [-0.4, -0.2) is 11.1 Å². The first-order valence-electron chi connectivity index (χ1n) is 3.53. The van der Waals surface area contributed by atoms with E-state index in [1.165, 1.54) is 0 Å². The van der Waals surface area contributed by atoms with Crippen LogP contribution in [0.3, 0.4) is 0 Å². The lowest BCUT2D eigenvalue weighted by atomic mass is 9.97. The zero-order chi connectivity index (χ0) is 7.72. The first-order chi connectivity index (χ1) is 4.63. The van der Waals surface area contributed by atoms with Crippen LogP contribution in [0.5, 0.6) is 0 Å². The van der Waals surface area contributed by atoms with E-state index in [0.29, 0.717) is 0 Å². The Morgan fingerprint density at radius 2 is 2.40 bits per heavy atom. The molecule has 0 radical (unpaired) electrons. The molecule has 0 bridgehead atoms. The van der Waals surface area contributed by atoms with Gasteiger partial charge in [0.05, 0.1) is 5.92 Å². The molecule has 1 aliphatic carbocycles. The van der Waals surface area contributed by atoms with Crippen LogP contribution in [0.25, 0.3) is 0 Å². The maximum absolute atomic E-state index is 10.5. The molecule has 0 heterocycles. The third-order valence-electron chi connectivity index (χ3n) is 2.34. The summed E-state index contributed by atoms with van der Waals surface area (Å²) in [5.41, 5.74) is 1.09. The summed E-state index contributed by atoms with van der Waals surface area (Å²) in [5.74, 6) is -0.670. The van der Waals surface area contributed by atoms with Crippen LogP contribution >= 0.6 is 0 Å². The van der Waals surface area contributed by atoms with Crippen molar-refractivity contribution < 1.29 is 9.90 Å². The second-order valence-electron chi connectivity index (χ2n) is 2.93. The molecule has 56 valence electrons. The van der Waals surface area contributed by atoms with Crippen molar-refractivity contribution in [3.8, 4) is 0 Å². The minimum Gasteiger partial charge on any atom is -0.481 e. The molecule has 0 aromatic carbocycles. The Bertz CT molecular complexity index is 172. The van der Waals surface area contributed by atoms with Crippen LogP contribution in [0.2, 0.25) is 0 Å². The fourth-order valence-corrected chi connectivity index (χ4v) is 1.44. The molecule has 1 aliphatic rings. The number of allylic oxidation sites excluding steroid dienone is 1. The lowest BCUT2D eigenvalue weighted by Gasteiger charge is -2.08. The normalized spacial score (nSPS) is 32.7. The predicted octanol–water partition coefficient (Wildman–Crippen LogP) is 1.67. The quantitative estimate of drug-likeness (QED) is 0.562. The van der Waals surface area contributed by atoms with Gasteiger partial charge in [0.15, 0.2) is 0 Å². The first kappa shape index (κ1) is 7.32. The Labute approximate surface area is 60.6 Å². The van der Waals surface area contributed by atoms with Crippen molar-refractivity contribution >= 4 is 5.97 Å². The van der Waals surface area contributed by atoms with Gasteiger partial charge in [0.1, 0.15) is 0 Å². The van der Waals surface area contributed by atoms with E-state index >= 15 is 0 Å². The molecule has 0 aromatic heterocycles. The van der Waals surface area contributed by atoms with Gasteiger partial charge in [-0.25, -0.2) is 0 Å². The molecular formula is C8H12O2. The molecular weight excluding hydrogens is 128 g/mol. The molecule has 10 heavy (non-hydrogen) atoms. The third-order valence-corrected chi connectivity index (χ3v) is 2.34. The molecule has 2 heteroatoms. The van der Waals surface area contributed by atoms with Gasteiger partial charge in [0.2, 0.25) is 0 Å². The van der Waals surface area contributed by atoms with Gasteiger partial charge in [-0.3, -0.25) is 4.79 Å². The van der Waals surface area contributed by atoms with Gasteiger partial charge in [-0.2, -0.15) is 0 Å². The van der Waals surface area contributed by atoms with Crippen molar-refractivity contribution in [2.24, 2.45) is 11.8 Å². The van der Waals surface area contributed by atoms with Gasteiger partial charge in [0, 0.05) is 0 Å². The fourth-order valence-electron chi connectivity index (χ4n) is 1.44. The zero-order valence-corrected chi connectivity index (χ0v) is 6.13. The highest BCUT2D eigenvalue weighted by Crippen LogP contribution is 2.34. The number of hydrogen-bond donors (Lipinski definition) is 1. The zero-order valence-electron chi connectivity index (χ0n) is 6.13. The van der Waals surface area contributed by atoms with Crippen LogP contribution in [0.4, 0.5) is 0 Å². The molecule has 0 aliphatic heterocycles. The van der Waals surface area contributed by atoms with Crippen LogP contribution < -0.4 is 0 Å². The van der Waals surface area contributed by atoms with Gasteiger partial charge >= 0.3 is 5.97 Å². The highest BCUT2D eigenvalue weighted by Gasteiger charge is 2.31. The SMILES string of the molecule is C=C1CC[C@H](C(=O)O)[C@@H]1C. The molecule has 1 N–H and O–H groups in total. The van der Waals surface area contributed by atoms with Crippen LogP contribution in [0.1, 0.15) is 19.8 Å². The van der Waals surface area contributed by atoms with E-state index in [9.17, 15) is 4.79 Å². The summed E-state index contributed by atoms with van der Waals surface area (Å²) in [6.45, 7) is 5.74. The van der Waals surface area contributed by atoms with Crippen molar-refractivity contribution in [1.29, 1.82) is 0 Å². The number of carboxylic acids is 1. The van der Waals surface area contributed by atoms with E-state index in [-0.39, 0.29) is 11.8 Å².